The Balaban J connectivity index is 1.56. The molecule has 2 aliphatic rings. The lowest BCUT2D eigenvalue weighted by Gasteiger charge is -2.34. The van der Waals surface area contributed by atoms with Gasteiger partial charge in [0.2, 0.25) is 0 Å². The van der Waals surface area contributed by atoms with E-state index in [-0.39, 0.29) is 23.7 Å². The van der Waals surface area contributed by atoms with Crippen LogP contribution in [0, 0.1) is 11.7 Å². The van der Waals surface area contributed by atoms with E-state index in [0.717, 1.165) is 19.3 Å². The second-order valence-electron chi connectivity index (χ2n) is 6.56. The van der Waals surface area contributed by atoms with Crippen LogP contribution in [-0.4, -0.2) is 54.3 Å². The number of piperidine rings is 1. The summed E-state index contributed by atoms with van der Waals surface area (Å²) in [5, 5.41) is 9.01. The smallest absolute Gasteiger partial charge is 0.332 e. The van der Waals surface area contributed by atoms with E-state index >= 15 is 0 Å². The summed E-state index contributed by atoms with van der Waals surface area (Å²) >= 11 is 0. The van der Waals surface area contributed by atoms with Gasteiger partial charge >= 0.3 is 5.97 Å². The first kappa shape index (κ1) is 17.7. The number of carbonyl (C=O) groups is 2. The molecule has 0 aromatic heterocycles. The molecule has 1 aromatic rings. The Kier molecular flexibility index (Phi) is 5.22. The lowest BCUT2D eigenvalue weighted by Crippen LogP contribution is -2.41. The molecule has 7 heteroatoms. The first-order valence-electron chi connectivity index (χ1n) is 8.50. The van der Waals surface area contributed by atoms with Crippen LogP contribution in [0.1, 0.15) is 36.0 Å². The van der Waals surface area contributed by atoms with Crippen LogP contribution in [-0.2, 0) is 9.53 Å². The Bertz CT molecular complexity index is 657. The van der Waals surface area contributed by atoms with Crippen LogP contribution in [0.4, 0.5) is 4.39 Å². The fourth-order valence-corrected chi connectivity index (χ4v) is 3.65. The number of carboxylic acid groups (broad SMARTS) is 1. The maximum absolute atomic E-state index is 13.8. The second-order valence-corrected chi connectivity index (χ2v) is 6.56. The highest BCUT2D eigenvalue weighted by Crippen LogP contribution is 2.32. The van der Waals surface area contributed by atoms with Crippen molar-refractivity contribution >= 4 is 11.9 Å². The molecule has 136 valence electrons. The number of benzene rings is 1. The number of amides is 1. The molecular formula is C18H22FNO5. The summed E-state index contributed by atoms with van der Waals surface area (Å²) in [7, 11) is 1.38. The summed E-state index contributed by atoms with van der Waals surface area (Å²) < 4.78 is 24.3. The van der Waals surface area contributed by atoms with E-state index in [2.05, 4.69) is 0 Å². The normalized spacial score (nSPS) is 24.3. The average molecular weight is 351 g/mol. The molecule has 1 N–H and O–H groups in total. The Morgan fingerprint density at radius 1 is 1.24 bits per heavy atom. The van der Waals surface area contributed by atoms with Gasteiger partial charge in [0.05, 0.1) is 13.2 Å². The number of hydrogen-bond donors (Lipinski definition) is 1. The van der Waals surface area contributed by atoms with Gasteiger partial charge in [0.1, 0.15) is 0 Å². The molecule has 6 nitrogen and oxygen atoms in total. The van der Waals surface area contributed by atoms with Crippen molar-refractivity contribution in [2.45, 2.75) is 37.9 Å². The van der Waals surface area contributed by atoms with Crippen molar-refractivity contribution in [1.29, 1.82) is 0 Å². The van der Waals surface area contributed by atoms with Crippen molar-refractivity contribution in [3.05, 3.63) is 29.6 Å². The van der Waals surface area contributed by atoms with E-state index in [1.54, 1.807) is 11.0 Å². The molecule has 0 spiro atoms. The Morgan fingerprint density at radius 3 is 2.52 bits per heavy atom. The molecule has 2 heterocycles. The zero-order valence-electron chi connectivity index (χ0n) is 14.1. The number of carbonyl (C=O) groups excluding carboxylic acids is 1. The molecule has 2 atom stereocenters. The van der Waals surface area contributed by atoms with Crippen molar-refractivity contribution in [1.82, 2.24) is 4.90 Å². The number of methoxy groups -OCH3 is 1. The number of halogens is 1. The fourth-order valence-electron chi connectivity index (χ4n) is 3.65. The number of rotatable bonds is 4. The van der Waals surface area contributed by atoms with E-state index < -0.39 is 17.9 Å². The number of ether oxygens (including phenoxy) is 2. The number of aliphatic carboxylic acids is 1. The van der Waals surface area contributed by atoms with Crippen LogP contribution in [0.15, 0.2) is 18.2 Å². The van der Waals surface area contributed by atoms with Gasteiger partial charge in [-0.05, 0) is 49.8 Å². The third-order valence-electron chi connectivity index (χ3n) is 5.08. The molecule has 1 amide bonds. The zero-order chi connectivity index (χ0) is 18.0. The van der Waals surface area contributed by atoms with Gasteiger partial charge in [-0.3, -0.25) is 4.79 Å². The lowest BCUT2D eigenvalue weighted by molar-refractivity contribution is -0.150. The van der Waals surface area contributed by atoms with Crippen LogP contribution in [0.5, 0.6) is 5.75 Å². The number of likely N-dealkylation sites (tertiary alicyclic amines) is 1. The molecule has 25 heavy (non-hydrogen) atoms. The minimum Gasteiger partial charge on any atom is -0.494 e. The van der Waals surface area contributed by atoms with Gasteiger partial charge in [0, 0.05) is 18.7 Å². The Morgan fingerprint density at radius 2 is 1.96 bits per heavy atom. The van der Waals surface area contributed by atoms with Gasteiger partial charge in [0.15, 0.2) is 17.7 Å². The van der Waals surface area contributed by atoms with Crippen LogP contribution >= 0.6 is 0 Å². The molecule has 0 radical (unpaired) electrons. The third-order valence-corrected chi connectivity index (χ3v) is 5.08. The molecule has 3 rings (SSSR count). The standard InChI is InChI=1S/C18H22FNO5/c1-24-15-3-2-12(10-13(15)19)17(21)20-8-6-11(7-9-20)14-4-5-16(25-14)18(22)23/h2-3,10-11,14,16H,4-9H2,1H3,(H,22,23)/t14-,16+/m0/s1. The molecule has 0 aliphatic carbocycles. The topological polar surface area (TPSA) is 76.1 Å². The summed E-state index contributed by atoms with van der Waals surface area (Å²) in [4.78, 5) is 25.2. The van der Waals surface area contributed by atoms with Gasteiger partial charge in [0.25, 0.3) is 5.91 Å². The molecule has 1 aromatic carbocycles. The second kappa shape index (κ2) is 7.39. The van der Waals surface area contributed by atoms with E-state index in [1.165, 1.54) is 19.2 Å². The monoisotopic (exact) mass is 351 g/mol. The van der Waals surface area contributed by atoms with Crippen molar-refractivity contribution in [2.24, 2.45) is 5.92 Å². The summed E-state index contributed by atoms with van der Waals surface area (Å²) in [5.41, 5.74) is 0.305. The fraction of sp³-hybridized carbons (Fsp3) is 0.556. The summed E-state index contributed by atoms with van der Waals surface area (Å²) in [6, 6.07) is 4.21. The van der Waals surface area contributed by atoms with Gasteiger partial charge in [-0.1, -0.05) is 0 Å². The van der Waals surface area contributed by atoms with Gasteiger partial charge < -0.3 is 19.5 Å². The largest absolute Gasteiger partial charge is 0.494 e. The minimum absolute atomic E-state index is 0.0446. The van der Waals surface area contributed by atoms with E-state index in [1.807, 2.05) is 0 Å². The van der Waals surface area contributed by atoms with Crippen LogP contribution in [0.3, 0.4) is 0 Å². The van der Waals surface area contributed by atoms with Crippen LogP contribution in [0.25, 0.3) is 0 Å². The summed E-state index contributed by atoms with van der Waals surface area (Å²) in [5.74, 6) is -1.28. The van der Waals surface area contributed by atoms with Crippen molar-refractivity contribution < 1.29 is 28.6 Å². The minimum atomic E-state index is -0.906. The van der Waals surface area contributed by atoms with E-state index in [9.17, 15) is 14.0 Å². The predicted molar refractivity (Wildman–Crippen MR) is 87.1 cm³/mol. The number of nitrogens with zero attached hydrogens (tertiary/aromatic N) is 1. The Hall–Kier alpha value is -2.15. The average Bonchev–Trinajstić information content (AvgIpc) is 3.11. The number of hydrogen-bond acceptors (Lipinski definition) is 4. The highest BCUT2D eigenvalue weighted by Gasteiger charge is 2.37. The quantitative estimate of drug-likeness (QED) is 0.901. The van der Waals surface area contributed by atoms with Crippen molar-refractivity contribution in [3.8, 4) is 5.75 Å². The maximum atomic E-state index is 13.8. The highest BCUT2D eigenvalue weighted by molar-refractivity contribution is 5.94. The third kappa shape index (κ3) is 3.76. The SMILES string of the molecule is COc1ccc(C(=O)N2CCC([C@@H]3CC[C@H](C(=O)O)O3)CC2)cc1F. The Labute approximate surface area is 145 Å². The first-order valence-corrected chi connectivity index (χ1v) is 8.50. The molecule has 0 saturated carbocycles. The lowest BCUT2D eigenvalue weighted by atomic mass is 9.89. The maximum Gasteiger partial charge on any atom is 0.332 e. The van der Waals surface area contributed by atoms with Gasteiger partial charge in [-0.25, -0.2) is 9.18 Å². The first-order chi connectivity index (χ1) is 12.0. The molecule has 0 unspecified atom stereocenters. The van der Waals surface area contributed by atoms with Gasteiger partial charge in [-0.15, -0.1) is 0 Å². The predicted octanol–water partition coefficient (Wildman–Crippen LogP) is 2.32. The molecule has 2 fully saturated rings. The van der Waals surface area contributed by atoms with E-state index in [0.29, 0.717) is 25.1 Å². The van der Waals surface area contributed by atoms with Crippen molar-refractivity contribution in [3.63, 3.8) is 0 Å². The molecule has 0 bridgehead atoms. The summed E-state index contributed by atoms with van der Waals surface area (Å²) in [6.07, 6.45) is 2.08. The summed E-state index contributed by atoms with van der Waals surface area (Å²) in [6.45, 7) is 1.13. The molecule has 2 saturated heterocycles. The van der Waals surface area contributed by atoms with Crippen molar-refractivity contribution in [2.75, 3.05) is 20.2 Å². The van der Waals surface area contributed by atoms with Crippen LogP contribution < -0.4 is 4.74 Å². The highest BCUT2D eigenvalue weighted by atomic mass is 19.1. The van der Waals surface area contributed by atoms with Gasteiger partial charge in [-0.2, -0.15) is 0 Å². The molecular weight excluding hydrogens is 329 g/mol. The molecule has 2 aliphatic heterocycles. The number of carboxylic acids is 1. The zero-order valence-corrected chi connectivity index (χ0v) is 14.1. The van der Waals surface area contributed by atoms with E-state index in [4.69, 9.17) is 14.6 Å². The van der Waals surface area contributed by atoms with Crippen LogP contribution in [0.2, 0.25) is 0 Å².